The second-order valence-electron chi connectivity index (χ2n) is 19.6. The number of benzene rings is 10. The molecule has 0 bridgehead atoms. The predicted octanol–water partition coefficient (Wildman–Crippen LogP) is 16.3. The van der Waals surface area contributed by atoms with Crippen LogP contribution in [0.2, 0.25) is 0 Å². The Balaban J connectivity index is 0.838. The van der Waals surface area contributed by atoms with Gasteiger partial charge in [-0.2, -0.15) is 0 Å². The molecule has 0 unspecified atom stereocenters. The van der Waals surface area contributed by atoms with Gasteiger partial charge in [-0.25, -0.2) is 4.79 Å². The monoisotopic (exact) mass is 928 g/mol. The summed E-state index contributed by atoms with van der Waals surface area (Å²) in [5.41, 5.74) is 13.9. The summed E-state index contributed by atoms with van der Waals surface area (Å²) in [4.78, 5) is 14.6. The van der Waals surface area contributed by atoms with Crippen LogP contribution in [0.3, 0.4) is 0 Å². The van der Waals surface area contributed by atoms with Crippen LogP contribution in [-0.2, 0) is 15.8 Å². The van der Waals surface area contributed by atoms with Crippen molar-refractivity contribution in [3.8, 4) is 28.3 Å². The van der Waals surface area contributed by atoms with E-state index in [2.05, 4.69) is 192 Å². The van der Waals surface area contributed by atoms with Crippen LogP contribution < -0.4 is 4.74 Å². The predicted molar refractivity (Wildman–Crippen MR) is 294 cm³/mol. The fourth-order valence-electron chi connectivity index (χ4n) is 12.2. The van der Waals surface area contributed by atoms with Crippen molar-refractivity contribution in [3.63, 3.8) is 0 Å². The lowest BCUT2D eigenvalue weighted by atomic mass is 9.76. The largest absolute Gasteiger partial charge is 0.472 e. The van der Waals surface area contributed by atoms with E-state index in [4.69, 9.17) is 9.47 Å². The van der Waals surface area contributed by atoms with Crippen molar-refractivity contribution in [1.29, 1.82) is 0 Å². The van der Waals surface area contributed by atoms with Crippen LogP contribution in [0.25, 0.3) is 83.0 Å². The SMILES string of the molecule is CC1(CCCOC(=O)c2cc3ccccc3c3c2C=CC(c2ccccc2)(c2ccccc2)O3)c2cc(-n3c4ccccc4c4ccccc43)ccc2-c2ccc(-n3c4ccccc4c4ccccc43)cc21. The first-order chi connectivity index (χ1) is 35.5. The molecule has 0 saturated carbocycles. The van der Waals surface area contributed by atoms with Gasteiger partial charge in [0.05, 0.1) is 34.2 Å². The van der Waals surface area contributed by atoms with E-state index in [1.807, 2.05) is 60.7 Å². The Morgan fingerprint density at radius 2 is 0.944 bits per heavy atom. The Morgan fingerprint density at radius 1 is 0.500 bits per heavy atom. The van der Waals surface area contributed by atoms with Crippen LogP contribution >= 0.6 is 0 Å². The van der Waals surface area contributed by atoms with Gasteiger partial charge in [-0.15, -0.1) is 0 Å². The van der Waals surface area contributed by atoms with E-state index in [9.17, 15) is 4.79 Å². The molecule has 2 aromatic heterocycles. The van der Waals surface area contributed by atoms with E-state index in [1.165, 1.54) is 65.9 Å². The summed E-state index contributed by atoms with van der Waals surface area (Å²) in [7, 11) is 0. The van der Waals surface area contributed by atoms with Gasteiger partial charge in [-0.3, -0.25) is 0 Å². The number of esters is 1. The van der Waals surface area contributed by atoms with Crippen molar-refractivity contribution in [2.45, 2.75) is 30.8 Å². The molecule has 1 aliphatic carbocycles. The number of fused-ring (bicyclic) bond motifs is 12. The van der Waals surface area contributed by atoms with Gasteiger partial charge in [0.2, 0.25) is 0 Å². The zero-order chi connectivity index (χ0) is 48.0. The lowest BCUT2D eigenvalue weighted by Gasteiger charge is -2.37. The molecule has 3 heterocycles. The standard InChI is InChI=1S/C67H48N2O3/c1-66(38-18-40-71-65(70)57-41-44-19-8-9-24-49(44)64-56(57)37-39-67(72-64,45-20-4-2-5-21-45)46-22-6-3-7-23-46)58-42-47(68-60-29-14-10-25-52(60)53-26-11-15-30-61(53)68)33-35-50(58)51-36-34-48(43-59(51)66)69-62-31-16-12-27-54(62)55-28-13-17-32-63(55)69/h2-17,19-37,39,41-43H,18,38,40H2,1H3. The summed E-state index contributed by atoms with van der Waals surface area (Å²) in [5, 5.41) is 6.80. The minimum absolute atomic E-state index is 0.252. The Hall–Kier alpha value is -8.93. The topological polar surface area (TPSA) is 45.4 Å². The number of carbonyl (C=O) groups excluding carboxylic acids is 1. The molecule has 5 heteroatoms. The first kappa shape index (κ1) is 42.0. The lowest BCUT2D eigenvalue weighted by Crippen LogP contribution is -2.34. The second kappa shape index (κ2) is 16.3. The summed E-state index contributed by atoms with van der Waals surface area (Å²) in [6.45, 7) is 2.64. The Bertz CT molecular complexity index is 3870. The third-order valence-electron chi connectivity index (χ3n) is 15.6. The van der Waals surface area contributed by atoms with Crippen LogP contribution in [0, 0.1) is 0 Å². The van der Waals surface area contributed by atoms with Crippen LogP contribution in [0.15, 0.2) is 231 Å². The highest BCUT2D eigenvalue weighted by Crippen LogP contribution is 2.53. The summed E-state index contributed by atoms with van der Waals surface area (Å²) >= 11 is 0. The van der Waals surface area contributed by atoms with Crippen molar-refractivity contribution in [2.75, 3.05) is 6.61 Å². The summed E-state index contributed by atoms with van der Waals surface area (Å²) in [5.74, 6) is 0.303. The number of nitrogens with zero attached hydrogens (tertiary/aromatic N) is 2. The van der Waals surface area contributed by atoms with Crippen molar-refractivity contribution in [3.05, 3.63) is 264 Å². The van der Waals surface area contributed by atoms with Gasteiger partial charge in [-0.1, -0.05) is 177 Å². The molecule has 0 amide bonds. The molecule has 10 aromatic carbocycles. The van der Waals surface area contributed by atoms with E-state index in [0.717, 1.165) is 45.3 Å². The van der Waals surface area contributed by atoms with Gasteiger partial charge in [0.25, 0.3) is 0 Å². The average molecular weight is 929 g/mol. The zero-order valence-electron chi connectivity index (χ0n) is 39.8. The van der Waals surface area contributed by atoms with E-state index in [0.29, 0.717) is 17.7 Å². The first-order valence-electron chi connectivity index (χ1n) is 25.0. The maximum absolute atomic E-state index is 14.6. The molecule has 0 atom stereocenters. The molecule has 2 aliphatic rings. The molecule has 0 fully saturated rings. The molecule has 5 nitrogen and oxygen atoms in total. The maximum atomic E-state index is 14.6. The van der Waals surface area contributed by atoms with Crippen molar-refractivity contribution in [1.82, 2.24) is 9.13 Å². The quantitative estimate of drug-likeness (QED) is 0.107. The second-order valence-corrected chi connectivity index (χ2v) is 19.6. The van der Waals surface area contributed by atoms with Crippen LogP contribution in [0.4, 0.5) is 0 Å². The summed E-state index contributed by atoms with van der Waals surface area (Å²) in [6.07, 6.45) is 5.54. The Labute approximate surface area is 417 Å². The number of ether oxygens (including phenoxy) is 2. The van der Waals surface area contributed by atoms with Crippen LogP contribution in [-0.4, -0.2) is 21.7 Å². The summed E-state index contributed by atoms with van der Waals surface area (Å²) < 4.78 is 18.4. The van der Waals surface area contributed by atoms with E-state index >= 15 is 0 Å². The van der Waals surface area contributed by atoms with Gasteiger partial charge in [0.1, 0.15) is 5.75 Å². The number of carbonyl (C=O) groups is 1. The van der Waals surface area contributed by atoms with Gasteiger partial charge < -0.3 is 18.6 Å². The number of para-hydroxylation sites is 4. The fourth-order valence-corrected chi connectivity index (χ4v) is 12.2. The maximum Gasteiger partial charge on any atom is 0.338 e. The molecule has 12 aromatic rings. The number of hydrogen-bond acceptors (Lipinski definition) is 3. The van der Waals surface area contributed by atoms with Crippen molar-refractivity contribution in [2.24, 2.45) is 0 Å². The van der Waals surface area contributed by atoms with Crippen LogP contribution in [0.1, 0.15) is 57.9 Å². The highest BCUT2D eigenvalue weighted by atomic mass is 16.5. The molecular weight excluding hydrogens is 881 g/mol. The van der Waals surface area contributed by atoms with Gasteiger partial charge in [0, 0.05) is 60.4 Å². The average Bonchev–Trinajstić information content (AvgIpc) is 4.05. The normalized spacial score (nSPS) is 14.1. The lowest BCUT2D eigenvalue weighted by molar-refractivity contribution is 0.0492. The molecule has 72 heavy (non-hydrogen) atoms. The van der Waals surface area contributed by atoms with Gasteiger partial charge >= 0.3 is 5.97 Å². The molecule has 0 saturated heterocycles. The molecule has 0 spiro atoms. The zero-order valence-corrected chi connectivity index (χ0v) is 39.8. The minimum atomic E-state index is -0.896. The van der Waals surface area contributed by atoms with Gasteiger partial charge in [-0.05, 0) is 107 Å². The Kier molecular flexibility index (Phi) is 9.52. The van der Waals surface area contributed by atoms with E-state index < -0.39 is 11.0 Å². The molecule has 0 N–H and O–H groups in total. The minimum Gasteiger partial charge on any atom is -0.472 e. The highest BCUT2D eigenvalue weighted by Gasteiger charge is 2.41. The molecular formula is C67H48N2O3. The first-order valence-corrected chi connectivity index (χ1v) is 25.0. The summed E-state index contributed by atoms with van der Waals surface area (Å²) in [6, 6.07) is 79.5. The third kappa shape index (κ3) is 6.30. The molecule has 0 radical (unpaired) electrons. The van der Waals surface area contributed by atoms with Crippen molar-refractivity contribution < 1.29 is 14.3 Å². The van der Waals surface area contributed by atoms with Gasteiger partial charge in [0.15, 0.2) is 5.60 Å². The molecule has 14 rings (SSSR count). The van der Waals surface area contributed by atoms with E-state index in [-0.39, 0.29) is 12.6 Å². The van der Waals surface area contributed by atoms with Crippen LogP contribution in [0.5, 0.6) is 5.75 Å². The fraction of sp³-hybridized carbons (Fsp3) is 0.0896. The van der Waals surface area contributed by atoms with Crippen molar-refractivity contribution >= 4 is 66.4 Å². The number of rotatable bonds is 9. The smallest absolute Gasteiger partial charge is 0.338 e. The number of aromatic nitrogens is 2. The Morgan fingerprint density at radius 3 is 1.44 bits per heavy atom. The molecule has 1 aliphatic heterocycles. The number of hydrogen-bond donors (Lipinski definition) is 0. The third-order valence-corrected chi connectivity index (χ3v) is 15.6. The van der Waals surface area contributed by atoms with E-state index in [1.54, 1.807) is 0 Å². The molecule has 344 valence electrons. The highest BCUT2D eigenvalue weighted by molar-refractivity contribution is 6.10.